The zero-order valence-electron chi connectivity index (χ0n) is 13.6. The van der Waals surface area contributed by atoms with Gasteiger partial charge in [0.25, 0.3) is 5.09 Å². The van der Waals surface area contributed by atoms with Crippen LogP contribution in [0.5, 0.6) is 5.75 Å². The molecule has 1 aliphatic rings. The number of dihydropyridines is 1. The summed E-state index contributed by atoms with van der Waals surface area (Å²) in [5.74, 6) is -1.29. The molecule has 1 atom stereocenters. The lowest BCUT2D eigenvalue weighted by Gasteiger charge is -2.33. The van der Waals surface area contributed by atoms with Gasteiger partial charge >= 0.3 is 11.9 Å². The number of nitrogens with one attached hydrogen (secondary N) is 1. The van der Waals surface area contributed by atoms with Gasteiger partial charge in [-0.2, -0.15) is 0 Å². The molecule has 0 spiro atoms. The molecule has 9 nitrogen and oxygen atoms in total. The van der Waals surface area contributed by atoms with Crippen molar-refractivity contribution in [2.45, 2.75) is 19.6 Å². The predicted octanol–water partition coefficient (Wildman–Crippen LogP) is 1.74. The van der Waals surface area contributed by atoms with Crippen LogP contribution in [0, 0.1) is 10.1 Å². The summed E-state index contributed by atoms with van der Waals surface area (Å²) in [5, 5.41) is 12.3. The first-order valence-electron chi connectivity index (χ1n) is 7.24. The number of carbonyl (C=O) groups excluding carboxylic acids is 2. The summed E-state index contributed by atoms with van der Waals surface area (Å²) in [7, 11) is 0. The van der Waals surface area contributed by atoms with Crippen LogP contribution in [-0.4, -0.2) is 29.4 Å². The van der Waals surface area contributed by atoms with Crippen LogP contribution in [0.4, 0.5) is 0 Å². The second-order valence-corrected chi connectivity index (χ2v) is 5.20. The van der Waals surface area contributed by atoms with Gasteiger partial charge in [0.2, 0.25) is 5.72 Å². The zero-order valence-corrected chi connectivity index (χ0v) is 13.6. The molecule has 1 aromatic rings. The molecule has 0 fully saturated rings. The molecule has 0 saturated carbocycles. The molecule has 25 heavy (non-hydrogen) atoms. The Morgan fingerprint density at radius 3 is 2.72 bits per heavy atom. The molecule has 132 valence electrons. The third kappa shape index (κ3) is 4.56. The van der Waals surface area contributed by atoms with Crippen molar-refractivity contribution in [1.82, 2.24) is 5.32 Å². The number of rotatable bonds is 6. The number of esters is 2. The van der Waals surface area contributed by atoms with Crippen molar-refractivity contribution in [3.8, 4) is 5.75 Å². The van der Waals surface area contributed by atoms with Crippen molar-refractivity contribution in [2.75, 3.05) is 6.61 Å². The molecule has 1 aliphatic heterocycles. The first-order valence-corrected chi connectivity index (χ1v) is 7.24. The summed E-state index contributed by atoms with van der Waals surface area (Å²) in [4.78, 5) is 38.4. The highest BCUT2D eigenvalue weighted by Gasteiger charge is 2.35. The molecule has 1 unspecified atom stereocenters. The molecular formula is C16H16N2O7. The van der Waals surface area contributed by atoms with E-state index in [1.807, 2.05) is 0 Å². The summed E-state index contributed by atoms with van der Waals surface area (Å²) in [6.45, 7) is 2.37. The third-order valence-corrected chi connectivity index (χ3v) is 3.35. The zero-order chi connectivity index (χ0) is 18.4. The van der Waals surface area contributed by atoms with Crippen LogP contribution >= 0.6 is 0 Å². The van der Waals surface area contributed by atoms with Crippen molar-refractivity contribution in [3.63, 3.8) is 0 Å². The molecule has 1 heterocycles. The number of hydrogen-bond donors (Lipinski definition) is 1. The monoisotopic (exact) mass is 348 g/mol. The molecule has 0 aromatic heterocycles. The fourth-order valence-electron chi connectivity index (χ4n) is 2.15. The van der Waals surface area contributed by atoms with Gasteiger partial charge in [-0.3, -0.25) is 4.79 Å². The van der Waals surface area contributed by atoms with E-state index in [1.54, 1.807) is 24.3 Å². The molecular weight excluding hydrogens is 332 g/mol. The molecule has 1 N–H and O–H groups in total. The summed E-state index contributed by atoms with van der Waals surface area (Å²) in [6, 6.07) is 6.10. The Morgan fingerprint density at radius 1 is 1.32 bits per heavy atom. The van der Waals surface area contributed by atoms with Gasteiger partial charge in [0.1, 0.15) is 17.9 Å². The van der Waals surface area contributed by atoms with E-state index in [9.17, 15) is 19.7 Å². The van der Waals surface area contributed by atoms with Gasteiger partial charge in [-0.1, -0.05) is 18.2 Å². The Bertz CT molecular complexity index is 757. The van der Waals surface area contributed by atoms with Crippen LogP contribution in [-0.2, 0) is 14.4 Å². The first-order chi connectivity index (χ1) is 11.8. The molecule has 0 aliphatic carbocycles. The minimum absolute atomic E-state index is 0.0461. The largest absolute Gasteiger partial charge is 0.432 e. The summed E-state index contributed by atoms with van der Waals surface area (Å²) in [5.41, 5.74) is -0.972. The summed E-state index contributed by atoms with van der Waals surface area (Å²) < 4.78 is 10.5. The van der Waals surface area contributed by atoms with Crippen molar-refractivity contribution in [2.24, 2.45) is 0 Å². The second kappa shape index (κ2) is 7.47. The molecule has 9 heteroatoms. The van der Waals surface area contributed by atoms with E-state index >= 15 is 0 Å². The summed E-state index contributed by atoms with van der Waals surface area (Å²) in [6.07, 6.45) is 4.67. The van der Waals surface area contributed by atoms with E-state index in [-0.39, 0.29) is 17.9 Å². The Labute approximate surface area is 143 Å². The summed E-state index contributed by atoms with van der Waals surface area (Å²) >= 11 is 0. The van der Waals surface area contributed by atoms with Gasteiger partial charge in [0, 0.05) is 18.7 Å². The normalized spacial score (nSPS) is 18.6. The number of allylic oxidation sites excluding steroid dienone is 2. The lowest BCUT2D eigenvalue weighted by molar-refractivity contribution is -0.755. The van der Waals surface area contributed by atoms with E-state index in [1.165, 1.54) is 32.2 Å². The van der Waals surface area contributed by atoms with Crippen molar-refractivity contribution < 1.29 is 29.0 Å². The molecule has 1 aromatic carbocycles. The fraction of sp³-hybridized carbons (Fsp3) is 0.250. The fourth-order valence-corrected chi connectivity index (χ4v) is 2.15. The van der Waals surface area contributed by atoms with Gasteiger partial charge < -0.3 is 19.6 Å². The van der Waals surface area contributed by atoms with Crippen molar-refractivity contribution in [3.05, 3.63) is 63.9 Å². The van der Waals surface area contributed by atoms with E-state index in [0.717, 1.165) is 0 Å². The molecule has 2 rings (SSSR count). The lowest BCUT2D eigenvalue weighted by atomic mass is 10.0. The van der Waals surface area contributed by atoms with Crippen LogP contribution in [0.25, 0.3) is 0 Å². The highest BCUT2D eigenvalue weighted by molar-refractivity contribution is 5.93. The predicted molar refractivity (Wildman–Crippen MR) is 84.9 cm³/mol. The standard InChI is InChI=1S/C16H16N2O7/c1-11(19)24-14-8-4-3-7-13(14)15(20)25-16(2)12(6-5-9-17-16)10-23-18(21)22/h3-9,17H,10H2,1-2H3. The van der Waals surface area contributed by atoms with Crippen LogP contribution in [0.15, 0.2) is 48.2 Å². The van der Waals surface area contributed by atoms with Gasteiger partial charge in [-0.25, -0.2) is 4.79 Å². The maximum atomic E-state index is 12.5. The van der Waals surface area contributed by atoms with Crippen LogP contribution in [0.3, 0.4) is 0 Å². The molecule has 0 saturated heterocycles. The maximum absolute atomic E-state index is 12.5. The number of ether oxygens (including phenoxy) is 2. The van der Waals surface area contributed by atoms with Crippen molar-refractivity contribution >= 4 is 11.9 Å². The SMILES string of the molecule is CC(=O)Oc1ccccc1C(=O)OC1(C)NC=CC=C1CO[N+](=O)[O-]. The number of benzene rings is 1. The Balaban J connectivity index is 2.21. The maximum Gasteiger partial charge on any atom is 0.344 e. The van der Waals surface area contributed by atoms with Gasteiger partial charge in [-0.05, 0) is 25.1 Å². The van der Waals surface area contributed by atoms with E-state index < -0.39 is 22.8 Å². The number of para-hydroxylation sites is 1. The average molecular weight is 348 g/mol. The van der Waals surface area contributed by atoms with Crippen molar-refractivity contribution in [1.29, 1.82) is 0 Å². The van der Waals surface area contributed by atoms with Crippen LogP contribution in [0.2, 0.25) is 0 Å². The smallest absolute Gasteiger partial charge is 0.344 e. The molecule has 0 amide bonds. The van der Waals surface area contributed by atoms with Gasteiger partial charge in [0.15, 0.2) is 0 Å². The molecule has 0 bridgehead atoms. The average Bonchev–Trinajstić information content (AvgIpc) is 2.53. The minimum Gasteiger partial charge on any atom is -0.432 e. The highest BCUT2D eigenvalue weighted by atomic mass is 16.9. The van der Waals surface area contributed by atoms with Gasteiger partial charge in [0.05, 0.1) is 0 Å². The minimum atomic E-state index is -1.36. The van der Waals surface area contributed by atoms with Gasteiger partial charge in [-0.15, -0.1) is 10.1 Å². The first kappa shape index (κ1) is 18.0. The number of hydrogen-bond acceptors (Lipinski definition) is 8. The highest BCUT2D eigenvalue weighted by Crippen LogP contribution is 2.26. The van der Waals surface area contributed by atoms with Crippen LogP contribution < -0.4 is 10.1 Å². The quantitative estimate of drug-likeness (QED) is 0.357. The Kier molecular flexibility index (Phi) is 5.38. The van der Waals surface area contributed by atoms with E-state index in [4.69, 9.17) is 9.47 Å². The van der Waals surface area contributed by atoms with Crippen LogP contribution in [0.1, 0.15) is 24.2 Å². The second-order valence-electron chi connectivity index (χ2n) is 5.20. The number of carbonyl (C=O) groups is 2. The lowest BCUT2D eigenvalue weighted by Crippen LogP contribution is -2.48. The van der Waals surface area contributed by atoms with E-state index in [2.05, 4.69) is 10.2 Å². The molecule has 0 radical (unpaired) electrons. The Morgan fingerprint density at radius 2 is 2.04 bits per heavy atom. The van der Waals surface area contributed by atoms with E-state index in [0.29, 0.717) is 5.57 Å². The number of nitrogens with zero attached hydrogens (tertiary/aromatic N) is 1. The Hall–Kier alpha value is -3.36. The third-order valence-electron chi connectivity index (χ3n) is 3.35. The topological polar surface area (TPSA) is 117 Å².